The van der Waals surface area contributed by atoms with Crippen LogP contribution in [0.1, 0.15) is 33.1 Å². The summed E-state index contributed by atoms with van der Waals surface area (Å²) in [5, 5.41) is 6.32. The van der Waals surface area contributed by atoms with Gasteiger partial charge in [0.15, 0.2) is 5.96 Å². The average molecular weight is 307 g/mol. The summed E-state index contributed by atoms with van der Waals surface area (Å²) in [6.45, 7) is 7.14. The second-order valence-corrected chi connectivity index (χ2v) is 6.90. The third-order valence-corrected chi connectivity index (χ3v) is 3.42. The Balaban J connectivity index is 3.74. The predicted octanol–water partition coefficient (Wildman–Crippen LogP) is 0.793. The number of aliphatic imine (C=N–C) groups is 1. The van der Waals surface area contributed by atoms with Gasteiger partial charge in [-0.05, 0) is 13.3 Å². The van der Waals surface area contributed by atoms with Crippen molar-refractivity contribution in [3.05, 3.63) is 0 Å². The van der Waals surface area contributed by atoms with E-state index in [4.69, 9.17) is 4.74 Å². The maximum atomic E-state index is 10.9. The van der Waals surface area contributed by atoms with Crippen molar-refractivity contribution in [3.63, 3.8) is 0 Å². The van der Waals surface area contributed by atoms with Crippen molar-refractivity contribution in [1.29, 1.82) is 0 Å². The van der Waals surface area contributed by atoms with Crippen LogP contribution in [0.3, 0.4) is 0 Å². The molecule has 6 nitrogen and oxygen atoms in total. The van der Waals surface area contributed by atoms with Crippen molar-refractivity contribution in [3.8, 4) is 0 Å². The van der Waals surface area contributed by atoms with E-state index in [0.29, 0.717) is 13.2 Å². The fourth-order valence-electron chi connectivity index (χ4n) is 1.45. The molecule has 20 heavy (non-hydrogen) atoms. The molecule has 0 aliphatic carbocycles. The van der Waals surface area contributed by atoms with Crippen molar-refractivity contribution in [2.75, 3.05) is 44.9 Å². The number of nitrogens with zero attached hydrogens (tertiary/aromatic N) is 1. The zero-order chi connectivity index (χ0) is 15.3. The molecule has 0 atom stereocenters. The minimum Gasteiger partial charge on any atom is -0.379 e. The molecule has 0 fully saturated rings. The number of hydrogen-bond acceptors (Lipinski definition) is 4. The molecule has 0 amide bonds. The molecule has 120 valence electrons. The van der Waals surface area contributed by atoms with Gasteiger partial charge in [0.2, 0.25) is 0 Å². The first-order chi connectivity index (χ1) is 9.49. The number of rotatable bonds is 11. The summed E-state index contributed by atoms with van der Waals surface area (Å²) in [5.41, 5.74) is 0. The lowest BCUT2D eigenvalue weighted by Crippen LogP contribution is -2.39. The number of sulfone groups is 1. The molecule has 0 aliphatic rings. The van der Waals surface area contributed by atoms with Crippen LogP contribution in [0.5, 0.6) is 0 Å². The summed E-state index contributed by atoms with van der Waals surface area (Å²) in [6, 6.07) is 0. The predicted molar refractivity (Wildman–Crippen MR) is 84.0 cm³/mol. The Hall–Kier alpha value is -0.820. The number of unbranched alkanes of at least 4 members (excludes halogenated alkanes) is 2. The van der Waals surface area contributed by atoms with Gasteiger partial charge >= 0.3 is 0 Å². The number of nitrogens with one attached hydrogen (secondary N) is 2. The Morgan fingerprint density at radius 3 is 2.50 bits per heavy atom. The summed E-state index contributed by atoms with van der Waals surface area (Å²) >= 11 is 0. The van der Waals surface area contributed by atoms with Crippen molar-refractivity contribution in [2.24, 2.45) is 4.99 Å². The Morgan fingerprint density at radius 1 is 1.15 bits per heavy atom. The van der Waals surface area contributed by atoms with Crippen molar-refractivity contribution in [2.45, 2.75) is 33.1 Å². The Labute approximate surface area is 123 Å². The Morgan fingerprint density at radius 2 is 1.90 bits per heavy atom. The molecule has 7 heteroatoms. The van der Waals surface area contributed by atoms with Crippen LogP contribution in [0, 0.1) is 0 Å². The van der Waals surface area contributed by atoms with E-state index in [1.165, 1.54) is 19.1 Å². The summed E-state index contributed by atoms with van der Waals surface area (Å²) in [5.74, 6) is 0.855. The van der Waals surface area contributed by atoms with Gasteiger partial charge in [0.1, 0.15) is 9.84 Å². The van der Waals surface area contributed by atoms with Gasteiger partial charge in [0.05, 0.1) is 19.0 Å². The Kier molecular flexibility index (Phi) is 11.5. The Bertz CT molecular complexity index is 356. The SMILES string of the molecule is CCCCCN=C(NCC)NCCOCCS(C)(=O)=O. The van der Waals surface area contributed by atoms with E-state index < -0.39 is 9.84 Å². The van der Waals surface area contributed by atoms with Crippen LogP contribution in [-0.2, 0) is 14.6 Å². The fourth-order valence-corrected chi connectivity index (χ4v) is 1.87. The molecule has 0 aliphatic heterocycles. The first-order valence-corrected chi connectivity index (χ1v) is 9.33. The van der Waals surface area contributed by atoms with Crippen LogP contribution in [0.2, 0.25) is 0 Å². The van der Waals surface area contributed by atoms with Crippen LogP contribution in [0.15, 0.2) is 4.99 Å². The lowest BCUT2D eigenvalue weighted by Gasteiger charge is -2.11. The van der Waals surface area contributed by atoms with Crippen LogP contribution >= 0.6 is 0 Å². The first-order valence-electron chi connectivity index (χ1n) is 7.27. The summed E-state index contributed by atoms with van der Waals surface area (Å²) in [7, 11) is -2.94. The maximum Gasteiger partial charge on any atom is 0.191 e. The van der Waals surface area contributed by atoms with Crippen molar-refractivity contribution < 1.29 is 13.2 Å². The smallest absolute Gasteiger partial charge is 0.191 e. The maximum absolute atomic E-state index is 10.9. The standard InChI is InChI=1S/C13H29N3O3S/c1-4-6-7-8-15-13(14-5-2)16-9-10-19-11-12-20(3,17)18/h4-12H2,1-3H3,(H2,14,15,16). The van der Waals surface area contributed by atoms with Crippen LogP contribution < -0.4 is 10.6 Å². The highest BCUT2D eigenvalue weighted by molar-refractivity contribution is 7.90. The zero-order valence-corrected chi connectivity index (χ0v) is 13.8. The molecular weight excluding hydrogens is 278 g/mol. The average Bonchev–Trinajstić information content (AvgIpc) is 2.37. The van der Waals surface area contributed by atoms with Crippen molar-refractivity contribution >= 4 is 15.8 Å². The molecule has 0 spiro atoms. The number of guanidine groups is 1. The molecular formula is C13H29N3O3S. The molecule has 0 aromatic heterocycles. The third-order valence-electron chi connectivity index (χ3n) is 2.51. The highest BCUT2D eigenvalue weighted by Crippen LogP contribution is 1.93. The van der Waals surface area contributed by atoms with Gasteiger partial charge in [0, 0.05) is 25.9 Å². The topological polar surface area (TPSA) is 79.8 Å². The lowest BCUT2D eigenvalue weighted by atomic mass is 10.2. The van der Waals surface area contributed by atoms with Crippen molar-refractivity contribution in [1.82, 2.24) is 10.6 Å². The quantitative estimate of drug-likeness (QED) is 0.335. The number of ether oxygens (including phenoxy) is 1. The molecule has 0 aromatic rings. The summed E-state index contributed by atoms with van der Waals surface area (Å²) in [6.07, 6.45) is 4.68. The van der Waals surface area contributed by atoms with Gasteiger partial charge in [-0.25, -0.2) is 8.42 Å². The highest BCUT2D eigenvalue weighted by Gasteiger charge is 2.01. The van der Waals surface area contributed by atoms with E-state index in [0.717, 1.165) is 25.5 Å². The van der Waals surface area contributed by atoms with Gasteiger partial charge in [0.25, 0.3) is 0 Å². The summed E-state index contributed by atoms with van der Waals surface area (Å²) < 4.78 is 27.1. The van der Waals surface area contributed by atoms with Crippen LogP contribution in [-0.4, -0.2) is 59.2 Å². The van der Waals surface area contributed by atoms with Gasteiger partial charge < -0.3 is 15.4 Å². The first kappa shape index (κ1) is 19.2. The normalized spacial score (nSPS) is 12.4. The molecule has 0 radical (unpaired) electrons. The fraction of sp³-hybridized carbons (Fsp3) is 0.923. The van der Waals surface area contributed by atoms with E-state index in [-0.39, 0.29) is 12.4 Å². The minimum absolute atomic E-state index is 0.0676. The third kappa shape index (κ3) is 13.6. The van der Waals surface area contributed by atoms with Crippen LogP contribution in [0.4, 0.5) is 0 Å². The van der Waals surface area contributed by atoms with E-state index in [1.807, 2.05) is 6.92 Å². The van der Waals surface area contributed by atoms with E-state index >= 15 is 0 Å². The van der Waals surface area contributed by atoms with E-state index in [1.54, 1.807) is 0 Å². The molecule has 0 saturated carbocycles. The van der Waals surface area contributed by atoms with E-state index in [2.05, 4.69) is 22.5 Å². The number of hydrogen-bond donors (Lipinski definition) is 2. The molecule has 0 rings (SSSR count). The van der Waals surface area contributed by atoms with Gasteiger partial charge in [-0.3, -0.25) is 4.99 Å². The molecule has 2 N–H and O–H groups in total. The largest absolute Gasteiger partial charge is 0.379 e. The highest BCUT2D eigenvalue weighted by atomic mass is 32.2. The molecule has 0 bridgehead atoms. The monoisotopic (exact) mass is 307 g/mol. The summed E-state index contributed by atoms with van der Waals surface area (Å²) in [4.78, 5) is 4.45. The lowest BCUT2D eigenvalue weighted by molar-refractivity contribution is 0.154. The molecule has 0 heterocycles. The minimum atomic E-state index is -2.94. The van der Waals surface area contributed by atoms with E-state index in [9.17, 15) is 8.42 Å². The second-order valence-electron chi connectivity index (χ2n) is 4.64. The van der Waals surface area contributed by atoms with Crippen LogP contribution in [0.25, 0.3) is 0 Å². The van der Waals surface area contributed by atoms with Gasteiger partial charge in [-0.2, -0.15) is 0 Å². The zero-order valence-electron chi connectivity index (χ0n) is 12.9. The van der Waals surface area contributed by atoms with Gasteiger partial charge in [-0.1, -0.05) is 19.8 Å². The second kappa shape index (κ2) is 12.0. The molecule has 0 saturated heterocycles. The molecule has 0 unspecified atom stereocenters. The molecule has 0 aromatic carbocycles. The van der Waals surface area contributed by atoms with Gasteiger partial charge in [-0.15, -0.1) is 0 Å².